The van der Waals surface area contributed by atoms with Crippen LogP contribution in [0.5, 0.6) is 0 Å². The summed E-state index contributed by atoms with van der Waals surface area (Å²) in [4.78, 5) is 26.1. The molecule has 10 heteroatoms. The zero-order chi connectivity index (χ0) is 20.5. The number of rotatable bonds is 3. The molecule has 1 heterocycles. The van der Waals surface area contributed by atoms with E-state index in [4.69, 9.17) is 0 Å². The standard InChI is InChI=1S/C18H15F3N2O4S/c19-18(20,21)13-7-4-8-14(9-13)22-16(24)15-10-28(26,27)11-23(15)17(25)12-5-2-1-3-6-12/h1-9,15H,10-11H2,(H,22,24)/t15-/m1/s1. The zero-order valence-corrected chi connectivity index (χ0v) is 15.1. The van der Waals surface area contributed by atoms with Crippen molar-refractivity contribution in [2.24, 2.45) is 0 Å². The first-order chi connectivity index (χ1) is 13.1. The number of nitrogens with zero attached hydrogens (tertiary/aromatic N) is 1. The van der Waals surface area contributed by atoms with Gasteiger partial charge in [0, 0.05) is 11.3 Å². The maximum atomic E-state index is 12.8. The van der Waals surface area contributed by atoms with Crippen molar-refractivity contribution in [3.63, 3.8) is 0 Å². The second-order valence-corrected chi connectivity index (χ2v) is 8.34. The van der Waals surface area contributed by atoms with E-state index in [9.17, 15) is 31.2 Å². The molecule has 2 aromatic rings. The minimum absolute atomic E-state index is 0.142. The summed E-state index contributed by atoms with van der Waals surface area (Å²) in [6.45, 7) is 0. The molecule has 6 nitrogen and oxygen atoms in total. The number of hydrogen-bond donors (Lipinski definition) is 1. The first-order valence-electron chi connectivity index (χ1n) is 8.11. The topological polar surface area (TPSA) is 83.6 Å². The van der Waals surface area contributed by atoms with Crippen LogP contribution in [0.4, 0.5) is 18.9 Å². The largest absolute Gasteiger partial charge is 0.416 e. The van der Waals surface area contributed by atoms with Crippen LogP contribution in [-0.4, -0.2) is 42.8 Å². The smallest absolute Gasteiger partial charge is 0.324 e. The number of alkyl halides is 3. The van der Waals surface area contributed by atoms with Gasteiger partial charge in [-0.1, -0.05) is 24.3 Å². The number of benzene rings is 2. The fourth-order valence-corrected chi connectivity index (χ4v) is 4.49. The molecular weight excluding hydrogens is 397 g/mol. The SMILES string of the molecule is O=C(Nc1cccc(C(F)(F)F)c1)[C@H]1CS(=O)(=O)CN1C(=O)c1ccccc1. The molecule has 0 spiro atoms. The first-order valence-corrected chi connectivity index (χ1v) is 9.93. The highest BCUT2D eigenvalue weighted by Gasteiger charge is 2.43. The molecule has 0 aromatic heterocycles. The van der Waals surface area contributed by atoms with Crippen molar-refractivity contribution in [2.45, 2.75) is 12.2 Å². The first kappa shape index (κ1) is 19.9. The number of carbonyl (C=O) groups is 2. The Labute approximate surface area is 158 Å². The number of nitrogens with one attached hydrogen (secondary N) is 1. The molecule has 2 aromatic carbocycles. The molecule has 0 aliphatic carbocycles. The molecule has 1 aliphatic heterocycles. The lowest BCUT2D eigenvalue weighted by molar-refractivity contribution is -0.137. The minimum atomic E-state index is -4.59. The number of anilines is 1. The van der Waals surface area contributed by atoms with Crippen LogP contribution in [0.3, 0.4) is 0 Å². The van der Waals surface area contributed by atoms with Gasteiger partial charge in [-0.3, -0.25) is 9.59 Å². The Morgan fingerprint density at radius 1 is 1.04 bits per heavy atom. The van der Waals surface area contributed by atoms with Gasteiger partial charge < -0.3 is 10.2 Å². The summed E-state index contributed by atoms with van der Waals surface area (Å²) in [7, 11) is -3.70. The molecule has 0 saturated carbocycles. The van der Waals surface area contributed by atoms with Gasteiger partial charge in [-0.15, -0.1) is 0 Å². The molecule has 1 N–H and O–H groups in total. The molecule has 28 heavy (non-hydrogen) atoms. The molecular formula is C18H15F3N2O4S. The lowest BCUT2D eigenvalue weighted by Gasteiger charge is -2.22. The summed E-state index contributed by atoms with van der Waals surface area (Å²) in [5.74, 6) is -2.76. The summed E-state index contributed by atoms with van der Waals surface area (Å²) >= 11 is 0. The van der Waals surface area contributed by atoms with Crippen LogP contribution in [0.15, 0.2) is 54.6 Å². The van der Waals surface area contributed by atoms with Gasteiger partial charge in [0.05, 0.1) is 11.3 Å². The average Bonchev–Trinajstić information content (AvgIpc) is 2.97. The summed E-state index contributed by atoms with van der Waals surface area (Å²) in [5.41, 5.74) is -0.894. The lowest BCUT2D eigenvalue weighted by Crippen LogP contribution is -2.44. The molecule has 1 atom stereocenters. The van der Waals surface area contributed by atoms with Crippen molar-refractivity contribution >= 4 is 27.3 Å². The quantitative estimate of drug-likeness (QED) is 0.840. The summed E-state index contributed by atoms with van der Waals surface area (Å²) < 4.78 is 62.5. The predicted molar refractivity (Wildman–Crippen MR) is 95.1 cm³/mol. The second-order valence-electron chi connectivity index (χ2n) is 6.26. The molecule has 1 fully saturated rings. The molecule has 2 amide bonds. The Morgan fingerprint density at radius 3 is 2.36 bits per heavy atom. The zero-order valence-electron chi connectivity index (χ0n) is 14.3. The van der Waals surface area contributed by atoms with E-state index in [1.807, 2.05) is 0 Å². The van der Waals surface area contributed by atoms with Crippen LogP contribution in [0.1, 0.15) is 15.9 Å². The van der Waals surface area contributed by atoms with Gasteiger partial charge in [0.25, 0.3) is 5.91 Å². The molecule has 0 radical (unpaired) electrons. The Hall–Kier alpha value is -2.88. The van der Waals surface area contributed by atoms with Gasteiger partial charge in [0.2, 0.25) is 5.91 Å². The highest BCUT2D eigenvalue weighted by Crippen LogP contribution is 2.31. The van der Waals surface area contributed by atoms with Gasteiger partial charge in [-0.2, -0.15) is 13.2 Å². The number of amides is 2. The van der Waals surface area contributed by atoms with Crippen molar-refractivity contribution in [3.8, 4) is 0 Å². The fraction of sp³-hybridized carbons (Fsp3) is 0.222. The van der Waals surface area contributed by atoms with Crippen LogP contribution < -0.4 is 5.32 Å². The van der Waals surface area contributed by atoms with E-state index in [1.54, 1.807) is 18.2 Å². The normalized spacial score (nSPS) is 18.7. The third-order valence-corrected chi connectivity index (χ3v) is 5.66. The van der Waals surface area contributed by atoms with Crippen LogP contribution in [0.25, 0.3) is 0 Å². The summed E-state index contributed by atoms with van der Waals surface area (Å²) in [5, 5.41) is 2.27. The van der Waals surface area contributed by atoms with Crippen LogP contribution >= 0.6 is 0 Å². The molecule has 1 aliphatic rings. The van der Waals surface area contributed by atoms with Crippen LogP contribution in [-0.2, 0) is 20.8 Å². The Kier molecular flexibility index (Phi) is 5.16. The average molecular weight is 412 g/mol. The second kappa shape index (κ2) is 7.27. The summed E-state index contributed by atoms with van der Waals surface area (Å²) in [6, 6.07) is 10.4. The van der Waals surface area contributed by atoms with Gasteiger partial charge in [0.15, 0.2) is 9.84 Å². The third-order valence-electron chi connectivity index (χ3n) is 4.17. The van der Waals surface area contributed by atoms with E-state index < -0.39 is 51.1 Å². The Bertz CT molecular complexity index is 1010. The van der Waals surface area contributed by atoms with Crippen molar-refractivity contribution in [1.82, 2.24) is 4.90 Å². The molecule has 0 bridgehead atoms. The Balaban J connectivity index is 1.84. The highest BCUT2D eigenvalue weighted by atomic mass is 32.2. The van der Waals surface area contributed by atoms with Gasteiger partial charge in [0.1, 0.15) is 11.9 Å². The number of sulfone groups is 1. The molecule has 0 unspecified atom stereocenters. The van der Waals surface area contributed by atoms with Gasteiger partial charge in [-0.05, 0) is 30.3 Å². The minimum Gasteiger partial charge on any atom is -0.324 e. The Morgan fingerprint density at radius 2 is 1.71 bits per heavy atom. The maximum absolute atomic E-state index is 12.8. The monoisotopic (exact) mass is 412 g/mol. The van der Waals surface area contributed by atoms with E-state index in [2.05, 4.69) is 5.32 Å². The van der Waals surface area contributed by atoms with Crippen LogP contribution in [0.2, 0.25) is 0 Å². The van der Waals surface area contributed by atoms with E-state index in [0.29, 0.717) is 0 Å². The molecule has 148 valence electrons. The number of hydrogen-bond acceptors (Lipinski definition) is 4. The van der Waals surface area contributed by atoms with Crippen molar-refractivity contribution in [1.29, 1.82) is 0 Å². The summed E-state index contributed by atoms with van der Waals surface area (Å²) in [6.07, 6.45) is -4.59. The van der Waals surface area contributed by atoms with Crippen molar-refractivity contribution in [2.75, 3.05) is 16.9 Å². The van der Waals surface area contributed by atoms with Gasteiger partial charge >= 0.3 is 6.18 Å². The van der Waals surface area contributed by atoms with E-state index in [0.717, 1.165) is 23.1 Å². The lowest BCUT2D eigenvalue weighted by atomic mass is 10.1. The third kappa shape index (κ3) is 4.33. The molecule has 3 rings (SSSR count). The maximum Gasteiger partial charge on any atom is 0.416 e. The van der Waals surface area contributed by atoms with E-state index in [1.165, 1.54) is 18.2 Å². The molecule has 1 saturated heterocycles. The van der Waals surface area contributed by atoms with Crippen molar-refractivity contribution < 1.29 is 31.2 Å². The van der Waals surface area contributed by atoms with Crippen molar-refractivity contribution in [3.05, 3.63) is 65.7 Å². The van der Waals surface area contributed by atoms with E-state index in [-0.39, 0.29) is 11.3 Å². The number of halogens is 3. The highest BCUT2D eigenvalue weighted by molar-refractivity contribution is 7.91. The fourth-order valence-electron chi connectivity index (χ4n) is 2.85. The van der Waals surface area contributed by atoms with Crippen LogP contribution in [0, 0.1) is 0 Å². The number of carbonyl (C=O) groups excluding carboxylic acids is 2. The van der Waals surface area contributed by atoms with Gasteiger partial charge in [-0.25, -0.2) is 8.42 Å². The predicted octanol–water partition coefficient (Wildman–Crippen LogP) is 2.54. The van der Waals surface area contributed by atoms with E-state index >= 15 is 0 Å².